The molecule has 0 fully saturated rings. The van der Waals surface area contributed by atoms with Gasteiger partial charge in [0.05, 0.1) is 66.6 Å². The van der Waals surface area contributed by atoms with Crippen molar-refractivity contribution in [1.29, 1.82) is 0 Å². The van der Waals surface area contributed by atoms with Crippen molar-refractivity contribution >= 4 is 159 Å². The van der Waals surface area contributed by atoms with E-state index in [2.05, 4.69) is 130 Å². The van der Waals surface area contributed by atoms with Gasteiger partial charge in [-0.05, 0) is 199 Å². The van der Waals surface area contributed by atoms with Gasteiger partial charge in [-0.15, -0.1) is 0 Å². The molecule has 140 heavy (non-hydrogen) atoms. The number of hydrogen-bond acceptors (Lipinski definition) is 27. The van der Waals surface area contributed by atoms with Crippen LogP contribution in [0.2, 0.25) is 18.1 Å². The minimum Gasteiger partial charge on any atom is -0.481 e. The van der Waals surface area contributed by atoms with Gasteiger partial charge < -0.3 is 91.1 Å². The van der Waals surface area contributed by atoms with E-state index in [1.54, 1.807) is 131 Å². The lowest BCUT2D eigenvalue weighted by Gasteiger charge is -2.36. The maximum absolute atomic E-state index is 12.7. The van der Waals surface area contributed by atoms with Crippen molar-refractivity contribution in [1.82, 2.24) is 15.9 Å². The highest BCUT2D eigenvalue weighted by Crippen LogP contribution is 2.36. The standard InChI is InChI=1S/C20H22N2O4.C19H21N3O4.C18H19N3O5.C14H25NOSi.C11H11NO5.C8H9NO2.C6H15N.C3H3ClO3.CH4.H3NO/c1-3-13-22(17-7-5-4-6-8-17)18(23)14-15-9-11-16(12-10-15)21-19(24)20(25)26-2;1-2-12-22(16-6-4-3-5-7-16)17(23)13-14-8-10-15(11-9-14)20-18(24)19(25)21-26;22-11-10-21(15-4-2-1-3-5-15)16(23)12-13-6-8-14(9-7-13)19-17(24)18(25)20-26;1-14(2,3)17(4,5)16-12-11-15-13-9-7-6-8-10-13;1-17-11(16)10(15)12-8-4-2-7(3-5-8)6-9(13)14;9-7-3-1-6(2-4-7)5-8(10)11;1-4-7(5-2)6-3;1-7-3(6)2(4)5;;1-2/h4-12H,3,13-14H2,1-2H3,(H,21,24);3-11,26H,2,12-13H2,1H3,(H,20,24)(H,21,25);1-9,22,26H,10-12H2,(H,19,24)(H,20,25);6-10,15H,11-12H2,1-5H3;2-5H,6H2,1H3,(H,12,15)(H,13,14);1-4H,5,9H2,(H,10,11);4-6H2,1-3H3;1H3;1H4;2H,1H2. The predicted molar refractivity (Wildman–Crippen MR) is 540 cm³/mol. The SMILES string of the molecule is C.CC(C)(C)[Si](C)(C)OCCNc1ccccc1.CCCN(C(=O)Cc1ccc(NC(=O)C(=O)NO)cc1)c1ccccc1.CCCN(C(=O)Cc1ccc(NC(=O)C(=O)OC)cc1)c1ccccc1.CCN(CC)CC.COC(=O)C(=O)Cl.COC(=O)C(=O)Nc1ccc(CC(=O)O)cc1.NO.Nc1ccc(CC(=O)O)cc1.O=C(NO)C(=O)Nc1ccc(CC(=O)N(CCO)c2ccccc2)cc1. The summed E-state index contributed by atoms with van der Waals surface area (Å²) in [6.45, 7) is 28.5. The summed E-state index contributed by atoms with van der Waals surface area (Å²) in [6, 6.07) is 71.1. The zero-order chi connectivity index (χ0) is 104. The summed E-state index contributed by atoms with van der Waals surface area (Å²) >= 11 is 4.61. The van der Waals surface area contributed by atoms with Gasteiger partial charge >= 0.3 is 70.5 Å². The monoisotopic (exact) mass is 1980 g/mol. The summed E-state index contributed by atoms with van der Waals surface area (Å²) < 4.78 is 18.6. The summed E-state index contributed by atoms with van der Waals surface area (Å²) in [5.74, 6) is -7.44. The van der Waals surface area contributed by atoms with E-state index in [4.69, 9.17) is 36.0 Å². The molecule has 9 aromatic carbocycles. The fourth-order valence-corrected chi connectivity index (χ4v) is 12.4. The Balaban J connectivity index is 0.00000163. The Labute approximate surface area is 822 Å². The van der Waals surface area contributed by atoms with E-state index in [0.29, 0.717) is 63.4 Å². The third kappa shape index (κ3) is 51.3. The number of nitrogens with one attached hydrogen (secondary N) is 7. The fraction of sp³-hybridized carbons (Fsp3) is 0.310. The molecule has 0 atom stereocenters. The van der Waals surface area contributed by atoms with Gasteiger partial charge in [0.1, 0.15) is 0 Å². The lowest BCUT2D eigenvalue weighted by atomic mass is 10.1. The van der Waals surface area contributed by atoms with Gasteiger partial charge in [-0.1, -0.05) is 196 Å². The summed E-state index contributed by atoms with van der Waals surface area (Å²) in [6.07, 6.45) is 2.25. The average Bonchev–Trinajstić information content (AvgIpc) is 0.832. The van der Waals surface area contributed by atoms with Gasteiger partial charge in [0.15, 0.2) is 8.32 Å². The van der Waals surface area contributed by atoms with Crippen molar-refractivity contribution in [3.8, 4) is 0 Å². The van der Waals surface area contributed by atoms with E-state index in [1.807, 2.05) is 111 Å². The number of anilines is 9. The van der Waals surface area contributed by atoms with E-state index in [0.717, 1.165) is 81.1 Å². The number of amides is 9. The molecule has 0 aliphatic heterocycles. The number of aliphatic carboxylic acids is 2. The molecule has 0 spiro atoms. The molecule has 40 heteroatoms. The Hall–Kier alpha value is -14.9. The Morgan fingerprint density at radius 1 is 0.379 bits per heavy atom. The highest BCUT2D eigenvalue weighted by molar-refractivity contribution is 6.80. The van der Waals surface area contributed by atoms with Crippen molar-refractivity contribution in [2.75, 3.05) is 127 Å². The Morgan fingerprint density at radius 2 is 0.650 bits per heavy atom. The number of para-hydroxylation sites is 4. The first-order chi connectivity index (χ1) is 66.2. The molecule has 0 unspecified atom stereocenters. The molecule has 0 saturated heterocycles. The number of methoxy groups -OCH3 is 3. The van der Waals surface area contributed by atoms with Crippen LogP contribution in [0.25, 0.3) is 0 Å². The van der Waals surface area contributed by atoms with Crippen LogP contribution in [0.5, 0.6) is 0 Å². The largest absolute Gasteiger partial charge is 0.481 e. The van der Waals surface area contributed by atoms with Gasteiger partial charge in [0, 0.05) is 77.4 Å². The highest BCUT2D eigenvalue weighted by Gasteiger charge is 2.37. The molecule has 0 aliphatic rings. The quantitative estimate of drug-likeness (QED) is 0.00214. The number of carboxylic acid groups (broad SMARTS) is 2. The number of halogens is 1. The molecular weight excluding hydrogens is 1850 g/mol. The lowest BCUT2D eigenvalue weighted by Crippen LogP contribution is -2.41. The molecule has 0 aliphatic carbocycles. The Bertz CT molecular complexity index is 4910. The summed E-state index contributed by atoms with van der Waals surface area (Å²) in [5, 5.41) is 61.4. The number of carbonyl (C=O) groups is 15. The smallest absolute Gasteiger partial charge is 0.396 e. The second kappa shape index (κ2) is 70.7. The number of hydrogen-bond donors (Lipinski definition) is 15. The van der Waals surface area contributed by atoms with Crippen LogP contribution in [0.3, 0.4) is 0 Å². The first-order valence-corrected chi connectivity index (χ1v) is 46.8. The number of nitrogens with zero attached hydrogens (tertiary/aromatic N) is 4. The van der Waals surface area contributed by atoms with Crippen molar-refractivity contribution in [3.63, 3.8) is 0 Å². The van der Waals surface area contributed by atoms with Crippen LogP contribution in [0, 0.1) is 0 Å². The summed E-state index contributed by atoms with van der Waals surface area (Å²) in [4.78, 5) is 175. The van der Waals surface area contributed by atoms with Gasteiger partial charge in [0.2, 0.25) is 17.7 Å². The number of nitrogen functional groups attached to an aromatic ring is 1. The first-order valence-electron chi connectivity index (χ1n) is 43.5. The van der Waals surface area contributed by atoms with Gasteiger partial charge in [0.25, 0.3) is 0 Å². The highest BCUT2D eigenvalue weighted by atomic mass is 35.5. The molecule has 0 saturated carbocycles. The third-order valence-electron chi connectivity index (χ3n) is 19.4. The molecule has 9 amide bonds. The van der Waals surface area contributed by atoms with Crippen LogP contribution in [0.4, 0.5) is 51.2 Å². The number of nitrogens with two attached hydrogens (primary N) is 2. The van der Waals surface area contributed by atoms with Gasteiger partial charge in [-0.25, -0.2) is 31.2 Å². The van der Waals surface area contributed by atoms with E-state index < -0.39 is 78.8 Å². The fourth-order valence-electron chi connectivity index (χ4n) is 11.2. The molecule has 0 aromatic heterocycles. The number of aliphatic hydroxyl groups is 1. The maximum atomic E-state index is 12.7. The van der Waals surface area contributed by atoms with Crippen LogP contribution in [-0.4, -0.2) is 213 Å². The number of esters is 3. The summed E-state index contributed by atoms with van der Waals surface area (Å²) in [7, 11) is 1.76. The normalized spacial score (nSPS) is 9.97. The molecule has 38 nitrogen and oxygen atoms in total. The third-order valence-corrected chi connectivity index (χ3v) is 24.1. The number of rotatable bonds is 32. The predicted octanol–water partition coefficient (Wildman–Crippen LogP) is 12.3. The van der Waals surface area contributed by atoms with Crippen molar-refractivity contribution in [2.45, 2.75) is 126 Å². The van der Waals surface area contributed by atoms with E-state index >= 15 is 0 Å². The molecule has 758 valence electrons. The Morgan fingerprint density at radius 3 is 0.886 bits per heavy atom. The number of aliphatic hydroxyl groups excluding tert-OH is 1. The van der Waals surface area contributed by atoms with E-state index in [9.17, 15) is 77.0 Å². The van der Waals surface area contributed by atoms with Gasteiger partial charge in [-0.2, -0.15) is 0 Å². The van der Waals surface area contributed by atoms with E-state index in [-0.39, 0.29) is 70.4 Å². The first kappa shape index (κ1) is 125. The van der Waals surface area contributed by atoms with Crippen LogP contribution in [-0.2, 0) is 123 Å². The van der Waals surface area contributed by atoms with Crippen molar-refractivity contribution in [3.05, 3.63) is 270 Å². The lowest BCUT2D eigenvalue weighted by molar-refractivity contribution is -0.150. The molecule has 9 aromatic rings. The number of carbonyl (C=O) groups excluding carboxylic acids is 13. The maximum Gasteiger partial charge on any atom is 0.396 e. The molecule has 17 N–H and O–H groups in total. The van der Waals surface area contributed by atoms with Crippen LogP contribution in [0.15, 0.2) is 243 Å². The van der Waals surface area contributed by atoms with Crippen molar-refractivity contribution < 1.29 is 121 Å². The topological polar surface area (TPSA) is 564 Å². The van der Waals surface area contributed by atoms with E-state index in [1.165, 1.54) is 47.6 Å². The Kier molecular flexibility index (Phi) is 63.1. The molecular formula is C100H132ClN13O25Si. The van der Waals surface area contributed by atoms with Crippen LogP contribution < -0.4 is 63.9 Å². The number of ether oxygens (including phenoxy) is 3. The molecule has 0 radical (unpaired) electrons. The average molecular weight is 1980 g/mol. The minimum absolute atomic E-state index is 0. The second-order valence-electron chi connectivity index (χ2n) is 30.5. The molecule has 0 bridgehead atoms. The summed E-state index contributed by atoms with van der Waals surface area (Å²) in [5.41, 5.74) is 17.5. The number of benzene rings is 9. The zero-order valence-electron chi connectivity index (χ0n) is 80.2. The number of carboxylic acids is 2. The van der Waals surface area contributed by atoms with Crippen LogP contribution >= 0.6 is 11.6 Å². The molecule has 0 heterocycles. The minimum atomic E-state index is -1.58. The van der Waals surface area contributed by atoms with Crippen LogP contribution in [0.1, 0.15) is 103 Å². The van der Waals surface area contributed by atoms with Gasteiger partial charge in [-0.3, -0.25) is 67.9 Å². The number of hydroxylamine groups is 2. The molecule has 9 rings (SSSR count). The second-order valence-corrected chi connectivity index (χ2v) is 35.7. The zero-order valence-corrected chi connectivity index (χ0v) is 81.9. The van der Waals surface area contributed by atoms with Crippen molar-refractivity contribution in [2.24, 2.45) is 5.90 Å².